The number of aryl methyl sites for hydroxylation is 1. The van der Waals surface area contributed by atoms with Crippen molar-refractivity contribution in [1.82, 2.24) is 20.0 Å². The molecule has 6 nitrogen and oxygen atoms in total. The van der Waals surface area contributed by atoms with Gasteiger partial charge in [-0.25, -0.2) is 8.78 Å². The monoisotopic (exact) mass is 397 g/mol. The first-order chi connectivity index (χ1) is 14.0. The van der Waals surface area contributed by atoms with Gasteiger partial charge in [0.1, 0.15) is 11.3 Å². The van der Waals surface area contributed by atoms with E-state index >= 15 is 4.39 Å². The number of fused-ring (bicyclic) bond motifs is 2. The number of benzene rings is 2. The Morgan fingerprint density at radius 2 is 1.79 bits per heavy atom. The molecule has 1 fully saturated rings. The summed E-state index contributed by atoms with van der Waals surface area (Å²) in [5.41, 5.74) is 1.84. The second kappa shape index (κ2) is 6.81. The lowest BCUT2D eigenvalue weighted by molar-refractivity contribution is 0.0644. The molecule has 5 rings (SSSR count). The number of hydrogen-bond donors (Lipinski definition) is 2. The summed E-state index contributed by atoms with van der Waals surface area (Å²) in [4.78, 5) is 14.7. The SMILES string of the molecule is Cn1cc2cc(-c3cc(F)c4c(c3)NCN(C3CCNCC3)C4=O)cc(F)c2n1. The van der Waals surface area contributed by atoms with Crippen LogP contribution >= 0.6 is 0 Å². The Kier molecular flexibility index (Phi) is 4.24. The highest BCUT2D eigenvalue weighted by atomic mass is 19.1. The summed E-state index contributed by atoms with van der Waals surface area (Å²) < 4.78 is 31.0. The van der Waals surface area contributed by atoms with Crippen molar-refractivity contribution < 1.29 is 13.6 Å². The average Bonchev–Trinajstić information content (AvgIpc) is 3.09. The highest BCUT2D eigenvalue weighted by Gasteiger charge is 2.33. The maximum Gasteiger partial charge on any atom is 0.260 e. The van der Waals surface area contributed by atoms with Crippen LogP contribution in [0, 0.1) is 11.6 Å². The molecule has 0 bridgehead atoms. The van der Waals surface area contributed by atoms with Gasteiger partial charge in [-0.05, 0) is 61.3 Å². The van der Waals surface area contributed by atoms with E-state index in [2.05, 4.69) is 15.7 Å². The second-order valence-corrected chi connectivity index (χ2v) is 7.67. The Hall–Kier alpha value is -3.00. The molecule has 1 amide bonds. The van der Waals surface area contributed by atoms with E-state index in [1.165, 1.54) is 12.1 Å². The largest absolute Gasteiger partial charge is 0.367 e. The number of rotatable bonds is 2. The number of aromatic nitrogens is 2. The van der Waals surface area contributed by atoms with Crippen molar-refractivity contribution in [2.24, 2.45) is 7.05 Å². The predicted octanol–water partition coefficient (Wildman–Crippen LogP) is 3.10. The van der Waals surface area contributed by atoms with Gasteiger partial charge < -0.3 is 15.5 Å². The number of carbonyl (C=O) groups excluding carboxylic acids is 1. The summed E-state index contributed by atoms with van der Waals surface area (Å²) >= 11 is 0. The molecule has 2 aliphatic heterocycles. The molecule has 3 aromatic rings. The Balaban J connectivity index is 1.53. The maximum atomic E-state index is 15.0. The zero-order chi connectivity index (χ0) is 20.1. The van der Waals surface area contributed by atoms with E-state index < -0.39 is 11.6 Å². The van der Waals surface area contributed by atoms with Gasteiger partial charge in [0, 0.05) is 24.7 Å². The van der Waals surface area contributed by atoms with Crippen molar-refractivity contribution in [2.45, 2.75) is 18.9 Å². The fourth-order valence-electron chi connectivity index (χ4n) is 4.31. The second-order valence-electron chi connectivity index (χ2n) is 7.67. The first-order valence-electron chi connectivity index (χ1n) is 9.73. The Bertz CT molecular complexity index is 1120. The van der Waals surface area contributed by atoms with Crippen LogP contribution in [0.5, 0.6) is 0 Å². The molecule has 150 valence electrons. The van der Waals surface area contributed by atoms with Crippen LogP contribution in [0.4, 0.5) is 14.5 Å². The number of nitrogens with zero attached hydrogens (tertiary/aromatic N) is 3. The van der Waals surface area contributed by atoms with Gasteiger partial charge in [-0.2, -0.15) is 5.10 Å². The van der Waals surface area contributed by atoms with Crippen LogP contribution in [-0.4, -0.2) is 46.4 Å². The molecule has 0 spiro atoms. The van der Waals surface area contributed by atoms with Crippen molar-refractivity contribution in [3.8, 4) is 11.1 Å². The quantitative estimate of drug-likeness (QED) is 0.698. The highest BCUT2D eigenvalue weighted by molar-refractivity contribution is 6.02. The molecule has 2 N–H and O–H groups in total. The highest BCUT2D eigenvalue weighted by Crippen LogP contribution is 2.34. The fourth-order valence-corrected chi connectivity index (χ4v) is 4.31. The number of anilines is 1. The normalized spacial score (nSPS) is 17.5. The van der Waals surface area contributed by atoms with Crippen molar-refractivity contribution in [3.05, 3.63) is 47.7 Å². The fraction of sp³-hybridized carbons (Fsp3) is 0.333. The minimum absolute atomic E-state index is 0.0569. The maximum absolute atomic E-state index is 15.0. The molecule has 1 saturated heterocycles. The van der Waals surface area contributed by atoms with E-state index in [0.29, 0.717) is 28.9 Å². The molecule has 0 radical (unpaired) electrons. The van der Waals surface area contributed by atoms with Gasteiger partial charge in [0.25, 0.3) is 5.91 Å². The Morgan fingerprint density at radius 3 is 2.59 bits per heavy atom. The summed E-state index contributed by atoms with van der Waals surface area (Å²) in [6.45, 7) is 2.05. The summed E-state index contributed by atoms with van der Waals surface area (Å²) in [6.07, 6.45) is 3.43. The molecular formula is C21H21F2N5O. The van der Waals surface area contributed by atoms with Gasteiger partial charge in [-0.1, -0.05) is 0 Å². The van der Waals surface area contributed by atoms with E-state index in [-0.39, 0.29) is 23.0 Å². The van der Waals surface area contributed by atoms with Crippen LogP contribution in [0.3, 0.4) is 0 Å². The van der Waals surface area contributed by atoms with E-state index in [1.54, 1.807) is 35.0 Å². The van der Waals surface area contributed by atoms with Crippen LogP contribution in [-0.2, 0) is 7.05 Å². The smallest absolute Gasteiger partial charge is 0.260 e. The van der Waals surface area contributed by atoms with Crippen LogP contribution in [0.2, 0.25) is 0 Å². The van der Waals surface area contributed by atoms with Gasteiger partial charge in [-0.15, -0.1) is 0 Å². The third-order valence-electron chi connectivity index (χ3n) is 5.76. The van der Waals surface area contributed by atoms with Crippen molar-refractivity contribution >= 4 is 22.5 Å². The molecular weight excluding hydrogens is 376 g/mol. The molecule has 8 heteroatoms. The summed E-state index contributed by atoms with van der Waals surface area (Å²) in [6, 6.07) is 6.25. The van der Waals surface area contributed by atoms with Crippen LogP contribution in [0.1, 0.15) is 23.2 Å². The number of halogens is 2. The molecule has 2 aliphatic rings. The van der Waals surface area contributed by atoms with Crippen molar-refractivity contribution in [1.29, 1.82) is 0 Å². The van der Waals surface area contributed by atoms with E-state index in [4.69, 9.17) is 0 Å². The lowest BCUT2D eigenvalue weighted by Gasteiger charge is -2.38. The molecule has 1 aromatic heterocycles. The summed E-state index contributed by atoms with van der Waals surface area (Å²) in [5.74, 6) is -1.35. The minimum atomic E-state index is -0.597. The van der Waals surface area contributed by atoms with Crippen LogP contribution in [0.25, 0.3) is 22.0 Å². The number of carbonyl (C=O) groups is 1. The molecule has 0 saturated carbocycles. The molecule has 0 unspecified atom stereocenters. The first kappa shape index (κ1) is 18.1. The van der Waals surface area contributed by atoms with Crippen LogP contribution < -0.4 is 10.6 Å². The zero-order valence-corrected chi connectivity index (χ0v) is 16.0. The summed E-state index contributed by atoms with van der Waals surface area (Å²) in [7, 11) is 1.72. The lowest BCUT2D eigenvalue weighted by Crippen LogP contribution is -2.50. The van der Waals surface area contributed by atoms with Gasteiger partial charge >= 0.3 is 0 Å². The number of nitrogens with one attached hydrogen (secondary N) is 2. The summed E-state index contributed by atoms with van der Waals surface area (Å²) in [5, 5.41) is 11.2. The number of amides is 1. The Morgan fingerprint density at radius 1 is 1.07 bits per heavy atom. The Labute approximate surface area is 166 Å². The number of piperidine rings is 1. The van der Waals surface area contributed by atoms with Crippen LogP contribution in [0.15, 0.2) is 30.5 Å². The minimum Gasteiger partial charge on any atom is -0.367 e. The lowest BCUT2D eigenvalue weighted by atomic mass is 9.97. The van der Waals surface area contributed by atoms with E-state index in [1.807, 2.05) is 0 Å². The predicted molar refractivity (Wildman–Crippen MR) is 107 cm³/mol. The molecule has 0 aliphatic carbocycles. The van der Waals surface area contributed by atoms with Gasteiger partial charge in [0.2, 0.25) is 0 Å². The average molecular weight is 397 g/mol. The zero-order valence-electron chi connectivity index (χ0n) is 16.0. The van der Waals surface area contributed by atoms with Gasteiger partial charge in [0.15, 0.2) is 5.82 Å². The molecule has 2 aromatic carbocycles. The van der Waals surface area contributed by atoms with Crippen molar-refractivity contribution in [2.75, 3.05) is 25.1 Å². The molecule has 3 heterocycles. The topological polar surface area (TPSA) is 62.2 Å². The van der Waals surface area contributed by atoms with Crippen molar-refractivity contribution in [3.63, 3.8) is 0 Å². The van der Waals surface area contributed by atoms with E-state index in [0.717, 1.165) is 25.9 Å². The standard InChI is InChI=1S/C21H21F2N5O/c1-27-10-14-6-12(8-17(23)20(14)26-27)13-7-16(22)19-18(9-13)25-11-28(21(19)29)15-2-4-24-5-3-15/h6-10,15,24-25H,2-5,11H2,1H3. The first-order valence-corrected chi connectivity index (χ1v) is 9.73. The van der Waals surface area contributed by atoms with E-state index in [9.17, 15) is 9.18 Å². The third kappa shape index (κ3) is 3.04. The third-order valence-corrected chi connectivity index (χ3v) is 5.76. The number of hydrogen-bond acceptors (Lipinski definition) is 4. The molecule has 29 heavy (non-hydrogen) atoms. The van der Waals surface area contributed by atoms with Gasteiger partial charge in [0.05, 0.1) is 17.9 Å². The van der Waals surface area contributed by atoms with Gasteiger partial charge in [-0.3, -0.25) is 9.48 Å². The molecule has 0 atom stereocenters.